The molecule has 12 rings (SSSR count). The zero-order valence-corrected chi connectivity index (χ0v) is 96.3. The van der Waals surface area contributed by atoms with Crippen molar-refractivity contribution in [2.24, 2.45) is 0 Å². The van der Waals surface area contributed by atoms with Crippen molar-refractivity contribution in [3.8, 4) is 0 Å². The molecule has 0 fully saturated rings. The van der Waals surface area contributed by atoms with Gasteiger partial charge in [-0.05, 0) is 156 Å². The number of nitrogens with zero attached hydrogens (tertiary/aromatic N) is 12. The van der Waals surface area contributed by atoms with Gasteiger partial charge in [-0.25, -0.2) is 0 Å². The van der Waals surface area contributed by atoms with E-state index in [4.69, 9.17) is 58.7 Å². The summed E-state index contributed by atoms with van der Waals surface area (Å²) in [4.78, 5) is 0. The predicted octanol–water partition coefficient (Wildman–Crippen LogP) is 0.469. The van der Waals surface area contributed by atoms with Crippen LogP contribution in [0.5, 0.6) is 0 Å². The summed E-state index contributed by atoms with van der Waals surface area (Å²) in [5, 5.41) is 0. The van der Waals surface area contributed by atoms with Gasteiger partial charge in [-0.3, -0.25) is 0 Å². The minimum absolute atomic E-state index is 0.181. The maximum absolute atomic E-state index is 12.6. The molecule has 0 aliphatic carbocycles. The summed E-state index contributed by atoms with van der Waals surface area (Å²) in [6.07, 6.45) is 20.6. The normalized spacial score (nSPS) is 10.0. The van der Waals surface area contributed by atoms with Gasteiger partial charge in [-0.15, -0.1) is 52.7 Å². The molecule has 0 bridgehead atoms. The molecule has 0 saturated heterocycles. The Morgan fingerprint density at radius 3 is 0.239 bits per heavy atom. The van der Waals surface area contributed by atoms with Gasteiger partial charge in [0, 0.05) is 146 Å². The molecule has 0 aliphatic heterocycles. The van der Waals surface area contributed by atoms with E-state index in [1.54, 1.807) is 202 Å². The fourth-order valence-electron chi connectivity index (χ4n) is 8.54. The van der Waals surface area contributed by atoms with Gasteiger partial charge >= 0.3 is 294 Å². The molecule has 12 aromatic rings. The Balaban J connectivity index is -0.000000336. The van der Waals surface area contributed by atoms with Crippen LogP contribution in [0.1, 0.15) is 83.1 Å². The molecule has 54 heteroatoms. The molecule has 0 saturated carbocycles. The number of pyridine rings is 12. The third kappa shape index (κ3) is 96.1. The van der Waals surface area contributed by atoms with Crippen molar-refractivity contribution >= 4 is 164 Å². The Labute approximate surface area is 846 Å². The topological polar surface area (TPSA) is 426 Å². The van der Waals surface area contributed by atoms with E-state index in [9.17, 15) is 52.7 Å². The van der Waals surface area contributed by atoms with Crippen LogP contribution in [-0.4, -0.2) is 111 Å². The van der Waals surface area contributed by atoms with E-state index in [0.717, 1.165) is 0 Å². The third-order valence-corrected chi connectivity index (χ3v) is 14.7. The first kappa shape index (κ1) is 143. The van der Waals surface area contributed by atoms with E-state index in [1.807, 2.05) is 156 Å². The maximum atomic E-state index is 12.6. The molecule has 0 atom stereocenters. The van der Waals surface area contributed by atoms with Crippen molar-refractivity contribution in [3.63, 3.8) is 0 Å². The van der Waals surface area contributed by atoms with E-state index in [1.165, 1.54) is 72.8 Å². The zero-order valence-electron chi connectivity index (χ0n) is 76.4. The van der Waals surface area contributed by atoms with Crippen LogP contribution in [0, 0.1) is 71.4 Å². The molecule has 12 aromatic heterocycles. The summed E-state index contributed by atoms with van der Waals surface area (Å²) in [6, 6.07) is 59.3. The van der Waals surface area contributed by atoms with Crippen LogP contribution < -0.4 is 95.4 Å². The van der Waals surface area contributed by atoms with Crippen molar-refractivity contribution in [3.05, 3.63) is 364 Å². The average Bonchev–Trinajstić information content (AvgIpc) is 0.986. The molecular formula is C84H108Cl6F12N12O18Sb6. The van der Waals surface area contributed by atoms with Gasteiger partial charge in [0.2, 0.25) is 0 Å². The summed E-state index contributed by atoms with van der Waals surface area (Å²) >= 11 is -32.3. The average molecular weight is 2750 g/mol. The van der Waals surface area contributed by atoms with Gasteiger partial charge in [-0.2, -0.15) is 54.8 Å². The summed E-state index contributed by atoms with van der Waals surface area (Å²) in [5.41, 5.74) is 0. The second-order valence-corrected chi connectivity index (χ2v) is 55.7. The fraction of sp³-hybridized carbons (Fsp3) is 0.286. The molecule has 768 valence electrons. The van der Waals surface area contributed by atoms with Gasteiger partial charge in [0.1, 0.15) is 78.5 Å². The number of hydrogen-bond acceptors (Lipinski definition) is 18. The van der Waals surface area contributed by atoms with E-state index in [-0.39, 0.29) is 71.4 Å². The van der Waals surface area contributed by atoms with E-state index < -0.39 is 111 Å². The summed E-state index contributed by atoms with van der Waals surface area (Å²) in [7, 11) is 24.4. The van der Waals surface area contributed by atoms with Crippen LogP contribution in [0.15, 0.2) is 293 Å². The van der Waals surface area contributed by atoms with Gasteiger partial charge in [-0.1, -0.05) is 0 Å². The number of hydrogen-bond donors (Lipinski definition) is 0. The Bertz CT molecular complexity index is 4380. The van der Waals surface area contributed by atoms with Crippen LogP contribution in [0.25, 0.3) is 0 Å². The van der Waals surface area contributed by atoms with Gasteiger partial charge in [0.25, 0.3) is 0 Å². The first-order chi connectivity index (χ1) is 64.1. The van der Waals surface area contributed by atoms with Crippen molar-refractivity contribution < 1.29 is 166 Å². The molecule has 0 unspecified atom stereocenters. The monoisotopic (exact) mass is 2740 g/mol. The standard InChI is InChI=1S/12C7H9FN.6ClH.18O.6Sb/c12*1-2-9-6-4-3-5-7(9)8;;;;;;;;;;;;;;;;;;;;;;;;;;;;;;/h12*3-6H,2H2,1H3;6*1H;;;;;;;;;;;;;;;;;;;;;;;;/q12*+1;;;;;;;;;;;;;12*-1;6*+1/p-6. The van der Waals surface area contributed by atoms with E-state index >= 15 is 0 Å². The van der Waals surface area contributed by atoms with Crippen LogP contribution >= 0.6 is 53.0 Å². The second-order valence-electron chi connectivity index (χ2n) is 24.3. The van der Waals surface area contributed by atoms with Crippen molar-refractivity contribution in [1.29, 1.82) is 0 Å². The second kappa shape index (κ2) is 84.3. The number of aromatic nitrogens is 12. The molecule has 0 aromatic carbocycles. The summed E-state index contributed by atoms with van der Waals surface area (Å²) in [5.74, 6) is -2.17. The van der Waals surface area contributed by atoms with Gasteiger partial charge < -0.3 is 0 Å². The molecular weight excluding hydrogens is 2640 g/mol. The summed E-state index contributed by atoms with van der Waals surface area (Å²) < 4.78 is 330. The third-order valence-electron chi connectivity index (χ3n) is 14.7. The minimum atomic E-state index is -5.38. The van der Waals surface area contributed by atoms with E-state index in [0.29, 0.717) is 78.5 Å². The Morgan fingerprint density at radius 2 is 0.210 bits per heavy atom. The number of aryl methyl sites for hydroxylation is 12. The summed E-state index contributed by atoms with van der Waals surface area (Å²) in [6.45, 7) is 31.1. The van der Waals surface area contributed by atoms with Crippen LogP contribution in [0.3, 0.4) is 0 Å². The molecule has 0 amide bonds. The first-order valence-electron chi connectivity index (χ1n) is 40.1. The molecule has 12 heterocycles. The zero-order chi connectivity index (χ0) is 107. The SMILES string of the molecule is CC[n+]1ccccc1F.CC[n+]1ccccc1F.CC[n+]1ccccc1F.CC[n+]1ccccc1F.CC[n+]1ccccc1F.CC[n+]1ccccc1F.CC[n+]1ccccc1F.CC[n+]1ccccc1F.CC[n+]1ccccc1F.CC[n+]1ccccc1F.CC[n+]1ccccc1F.CC[n+]1ccccc1F.[O]=[Sb]([O-])([O-])[Cl].[O]=[Sb]([O-])([O-])[Cl].[O]=[Sb]([O-])([O-])[Cl].[O]=[Sb]([O-])([O-])[Cl].[O]=[Sb]([O-])([O-])[Cl].[O]=[Sb]([O-])([O-])[Cl]. The Kier molecular flexibility index (Phi) is 87.1. The molecule has 0 radical (unpaired) electrons. The molecule has 0 N–H and O–H groups in total. The quantitative estimate of drug-likeness (QED) is 0.0694. The van der Waals surface area contributed by atoms with Crippen molar-refractivity contribution in [2.45, 2.75) is 162 Å². The predicted molar refractivity (Wildman–Crippen MR) is 461 cm³/mol. The molecule has 0 spiro atoms. The van der Waals surface area contributed by atoms with Gasteiger partial charge in [0.15, 0.2) is 74.4 Å². The van der Waals surface area contributed by atoms with Crippen LogP contribution in [0.4, 0.5) is 52.7 Å². The molecule has 0 aliphatic rings. The van der Waals surface area contributed by atoms with Crippen LogP contribution in [0.2, 0.25) is 0 Å². The molecule has 138 heavy (non-hydrogen) atoms. The van der Waals surface area contributed by atoms with Gasteiger partial charge in [0.05, 0.1) is 0 Å². The Hall–Kier alpha value is -6.07. The van der Waals surface area contributed by atoms with Crippen molar-refractivity contribution in [2.75, 3.05) is 0 Å². The number of halogens is 18. The van der Waals surface area contributed by atoms with Crippen LogP contribution in [-0.2, 0) is 96.6 Å². The number of rotatable bonds is 12. The van der Waals surface area contributed by atoms with E-state index in [2.05, 4.69) is 53.0 Å². The van der Waals surface area contributed by atoms with Crippen molar-refractivity contribution in [1.82, 2.24) is 0 Å². The fourth-order valence-corrected chi connectivity index (χ4v) is 8.54. The molecule has 30 nitrogen and oxygen atoms in total. The Morgan fingerprint density at radius 1 is 0.159 bits per heavy atom. The first-order valence-corrected chi connectivity index (χ1v) is 78.2.